The first kappa shape index (κ1) is 16.9. The predicted molar refractivity (Wildman–Crippen MR) is 98.0 cm³/mol. The van der Waals surface area contributed by atoms with E-state index in [9.17, 15) is 14.7 Å². The third kappa shape index (κ3) is 3.30. The van der Waals surface area contributed by atoms with Crippen molar-refractivity contribution in [2.45, 2.75) is 12.0 Å². The highest BCUT2D eigenvalue weighted by Crippen LogP contribution is 2.41. The van der Waals surface area contributed by atoms with Crippen molar-refractivity contribution in [2.24, 2.45) is 0 Å². The molecule has 0 fully saturated rings. The van der Waals surface area contributed by atoms with E-state index in [1.807, 2.05) is 36.4 Å². The maximum atomic E-state index is 12.4. The largest absolute Gasteiger partial charge is 0.375 e. The monoisotopic (exact) mass is 333 g/mol. The van der Waals surface area contributed by atoms with Gasteiger partial charge in [0.1, 0.15) is 0 Å². The number of amides is 1. The van der Waals surface area contributed by atoms with Gasteiger partial charge in [0.25, 0.3) is 5.91 Å². The number of benzene rings is 2. The first-order valence-electron chi connectivity index (χ1n) is 8.05. The number of hydrogen-bond acceptors (Lipinski definition) is 3. The predicted octanol–water partition coefficient (Wildman–Crippen LogP) is 3.08. The lowest BCUT2D eigenvalue weighted by molar-refractivity contribution is -0.140. The van der Waals surface area contributed by atoms with Crippen LogP contribution in [0.1, 0.15) is 17.5 Å². The van der Waals surface area contributed by atoms with E-state index in [4.69, 9.17) is 0 Å². The second-order valence-electron chi connectivity index (χ2n) is 6.01. The fraction of sp³-hybridized carbons (Fsp3) is 0.143. The summed E-state index contributed by atoms with van der Waals surface area (Å²) >= 11 is 0. The number of nitrogens with zero attached hydrogens (tertiary/aromatic N) is 1. The minimum atomic E-state index is -1.80. The molecule has 0 saturated heterocycles. The summed E-state index contributed by atoms with van der Waals surface area (Å²) in [6, 6.07) is 16.7. The summed E-state index contributed by atoms with van der Waals surface area (Å²) in [5.41, 5.74) is 0.343. The van der Waals surface area contributed by atoms with E-state index < -0.39 is 11.5 Å². The molecule has 126 valence electrons. The number of carbonyl (C=O) groups excluding carboxylic acids is 2. The summed E-state index contributed by atoms with van der Waals surface area (Å²) in [6.45, 7) is 0. The zero-order chi connectivity index (χ0) is 17.9. The molecule has 25 heavy (non-hydrogen) atoms. The van der Waals surface area contributed by atoms with Crippen LogP contribution >= 0.6 is 0 Å². The lowest BCUT2D eigenvalue weighted by atomic mass is 9.90. The molecule has 0 spiro atoms. The van der Waals surface area contributed by atoms with Crippen molar-refractivity contribution in [3.63, 3.8) is 0 Å². The highest BCUT2D eigenvalue weighted by atomic mass is 16.3. The maximum Gasteiger partial charge on any atom is 0.263 e. The minimum absolute atomic E-state index is 0.275. The molecule has 1 N–H and O–H groups in total. The van der Waals surface area contributed by atoms with Crippen molar-refractivity contribution in [1.82, 2.24) is 0 Å². The molecule has 0 bridgehead atoms. The normalized spacial score (nSPS) is 19.8. The summed E-state index contributed by atoms with van der Waals surface area (Å²) < 4.78 is 0. The molecular formula is C21H19NO3. The standard InChI is InChI=1S/C21H19NO3/c1-22-19-14-8-7-13-18(19)21(25,20(22)24)15-17(23)12-6-5-11-16-9-3-2-4-10-16/h2-14,25H,15H2,1H3/b11-5-,12-6+/t21-/m1/s1. The van der Waals surface area contributed by atoms with Gasteiger partial charge in [0, 0.05) is 12.6 Å². The van der Waals surface area contributed by atoms with Crippen molar-refractivity contribution in [1.29, 1.82) is 0 Å². The molecule has 1 aliphatic heterocycles. The molecular weight excluding hydrogens is 314 g/mol. The average molecular weight is 333 g/mol. The third-order valence-corrected chi connectivity index (χ3v) is 4.28. The molecule has 3 rings (SSSR count). The van der Waals surface area contributed by atoms with Crippen molar-refractivity contribution in [2.75, 3.05) is 11.9 Å². The molecule has 4 heteroatoms. The fourth-order valence-corrected chi connectivity index (χ4v) is 2.99. The summed E-state index contributed by atoms with van der Waals surface area (Å²) in [5, 5.41) is 10.8. The molecule has 1 amide bonds. The van der Waals surface area contributed by atoms with E-state index >= 15 is 0 Å². The SMILES string of the molecule is CN1C(=O)[C@@](O)(CC(=O)/C=C/C=C\c2ccccc2)c2ccccc21. The van der Waals surface area contributed by atoms with Crippen LogP contribution in [0.2, 0.25) is 0 Å². The number of anilines is 1. The Morgan fingerprint density at radius 1 is 1.08 bits per heavy atom. The van der Waals surface area contributed by atoms with Crippen LogP contribution in [0.4, 0.5) is 5.69 Å². The molecule has 1 aliphatic rings. The van der Waals surface area contributed by atoms with Gasteiger partial charge in [0.15, 0.2) is 11.4 Å². The van der Waals surface area contributed by atoms with Crippen LogP contribution in [-0.2, 0) is 15.2 Å². The Kier molecular flexibility index (Phi) is 4.63. The Morgan fingerprint density at radius 2 is 1.76 bits per heavy atom. The second kappa shape index (κ2) is 6.87. The van der Waals surface area contributed by atoms with E-state index in [1.54, 1.807) is 43.5 Å². The smallest absolute Gasteiger partial charge is 0.263 e. The van der Waals surface area contributed by atoms with Gasteiger partial charge in [-0.05, 0) is 17.7 Å². The number of carbonyl (C=O) groups is 2. The van der Waals surface area contributed by atoms with Crippen LogP contribution in [0.15, 0.2) is 72.8 Å². The van der Waals surface area contributed by atoms with Gasteiger partial charge in [-0.15, -0.1) is 0 Å². The van der Waals surface area contributed by atoms with E-state index in [1.165, 1.54) is 11.0 Å². The van der Waals surface area contributed by atoms with Crippen molar-refractivity contribution in [3.8, 4) is 0 Å². The van der Waals surface area contributed by atoms with Crippen LogP contribution in [0, 0.1) is 0 Å². The lowest BCUT2D eigenvalue weighted by Gasteiger charge is -2.20. The first-order valence-corrected chi connectivity index (χ1v) is 8.05. The minimum Gasteiger partial charge on any atom is -0.375 e. The Balaban J connectivity index is 1.71. The molecule has 2 aromatic carbocycles. The molecule has 0 aromatic heterocycles. The number of allylic oxidation sites excluding steroid dienone is 3. The van der Waals surface area contributed by atoms with Gasteiger partial charge in [-0.25, -0.2) is 0 Å². The van der Waals surface area contributed by atoms with Gasteiger partial charge in [-0.1, -0.05) is 66.8 Å². The van der Waals surface area contributed by atoms with Gasteiger partial charge in [0.05, 0.1) is 12.1 Å². The zero-order valence-corrected chi connectivity index (χ0v) is 13.9. The number of ketones is 1. The average Bonchev–Trinajstić information content (AvgIpc) is 2.82. The van der Waals surface area contributed by atoms with Crippen LogP contribution in [0.5, 0.6) is 0 Å². The van der Waals surface area contributed by atoms with E-state index in [0.29, 0.717) is 11.3 Å². The third-order valence-electron chi connectivity index (χ3n) is 4.28. The maximum absolute atomic E-state index is 12.4. The van der Waals surface area contributed by atoms with Crippen molar-refractivity contribution in [3.05, 3.63) is 84.0 Å². The fourth-order valence-electron chi connectivity index (χ4n) is 2.99. The summed E-state index contributed by atoms with van der Waals surface area (Å²) in [6.07, 6.45) is 6.36. The van der Waals surface area contributed by atoms with Gasteiger partial charge < -0.3 is 10.0 Å². The van der Waals surface area contributed by atoms with E-state index in [-0.39, 0.29) is 12.2 Å². The van der Waals surface area contributed by atoms with Gasteiger partial charge in [0.2, 0.25) is 0 Å². The molecule has 4 nitrogen and oxygen atoms in total. The Bertz CT molecular complexity index is 854. The van der Waals surface area contributed by atoms with Crippen molar-refractivity contribution >= 4 is 23.5 Å². The van der Waals surface area contributed by atoms with Gasteiger partial charge >= 0.3 is 0 Å². The topological polar surface area (TPSA) is 57.6 Å². The van der Waals surface area contributed by atoms with E-state index in [2.05, 4.69) is 0 Å². The van der Waals surface area contributed by atoms with Crippen LogP contribution < -0.4 is 4.90 Å². The van der Waals surface area contributed by atoms with Crippen LogP contribution in [0.25, 0.3) is 6.08 Å². The lowest BCUT2D eigenvalue weighted by Crippen LogP contribution is -2.40. The number of para-hydroxylation sites is 1. The molecule has 0 aliphatic carbocycles. The molecule has 1 heterocycles. The van der Waals surface area contributed by atoms with E-state index in [0.717, 1.165) is 5.56 Å². The summed E-state index contributed by atoms with van der Waals surface area (Å²) in [4.78, 5) is 26.0. The Morgan fingerprint density at radius 3 is 2.52 bits per heavy atom. The van der Waals surface area contributed by atoms with Crippen LogP contribution in [-0.4, -0.2) is 23.8 Å². The number of rotatable bonds is 5. The second-order valence-corrected chi connectivity index (χ2v) is 6.01. The molecule has 1 atom stereocenters. The Labute approximate surface area is 146 Å². The highest BCUT2D eigenvalue weighted by molar-refractivity contribution is 6.09. The van der Waals surface area contributed by atoms with Crippen molar-refractivity contribution < 1.29 is 14.7 Å². The molecule has 0 radical (unpaired) electrons. The molecule has 0 saturated carbocycles. The van der Waals surface area contributed by atoms with Crippen LogP contribution in [0.3, 0.4) is 0 Å². The number of hydrogen-bond donors (Lipinski definition) is 1. The Hall–Kier alpha value is -2.98. The number of likely N-dealkylation sites (N-methyl/N-ethyl adjacent to an activating group) is 1. The molecule has 2 aromatic rings. The summed E-state index contributed by atoms with van der Waals surface area (Å²) in [5.74, 6) is -0.783. The molecule has 0 unspecified atom stereocenters. The number of aliphatic hydroxyl groups is 1. The van der Waals surface area contributed by atoms with Gasteiger partial charge in [-0.2, -0.15) is 0 Å². The summed E-state index contributed by atoms with van der Waals surface area (Å²) in [7, 11) is 1.60. The first-order chi connectivity index (χ1) is 12.0. The zero-order valence-electron chi connectivity index (χ0n) is 13.9. The number of fused-ring (bicyclic) bond motifs is 1. The quantitative estimate of drug-likeness (QED) is 0.676. The highest BCUT2D eigenvalue weighted by Gasteiger charge is 2.49. The van der Waals surface area contributed by atoms with Gasteiger partial charge in [-0.3, -0.25) is 9.59 Å².